The molecular weight excluding hydrogens is 192 g/mol. The van der Waals surface area contributed by atoms with E-state index in [0.29, 0.717) is 6.54 Å². The molecular formula is C11H26N2O2. The summed E-state index contributed by atoms with van der Waals surface area (Å²) in [5.74, 6) is 0. The molecule has 0 aromatic carbocycles. The lowest BCUT2D eigenvalue weighted by Crippen LogP contribution is -2.11. The Morgan fingerprint density at radius 1 is 0.867 bits per heavy atom. The normalized spacial score (nSPS) is 10.8. The third kappa shape index (κ3) is 13.8. The van der Waals surface area contributed by atoms with Gasteiger partial charge in [-0.15, -0.1) is 0 Å². The maximum absolute atomic E-state index is 5.45. The van der Waals surface area contributed by atoms with Crippen molar-refractivity contribution in [1.82, 2.24) is 5.32 Å². The topological polar surface area (TPSA) is 56.5 Å². The first-order chi connectivity index (χ1) is 7.41. The zero-order valence-electron chi connectivity index (χ0n) is 9.96. The summed E-state index contributed by atoms with van der Waals surface area (Å²) in [5.41, 5.74) is 5.34. The highest BCUT2D eigenvalue weighted by Gasteiger charge is 1.91. The molecule has 0 aliphatic rings. The largest absolute Gasteiger partial charge is 0.381 e. The zero-order chi connectivity index (χ0) is 11.2. The van der Waals surface area contributed by atoms with Gasteiger partial charge in [0.25, 0.3) is 0 Å². The first-order valence-corrected chi connectivity index (χ1v) is 5.92. The molecule has 0 spiro atoms. The van der Waals surface area contributed by atoms with Crippen molar-refractivity contribution in [2.75, 3.05) is 46.6 Å². The molecule has 0 atom stereocenters. The predicted octanol–water partition coefficient (Wildman–Crippen LogP) is 0.758. The average molecular weight is 218 g/mol. The molecule has 0 amide bonds. The van der Waals surface area contributed by atoms with Crippen molar-refractivity contribution in [1.29, 1.82) is 0 Å². The number of hydrogen-bond acceptors (Lipinski definition) is 4. The second-order valence-corrected chi connectivity index (χ2v) is 3.53. The average Bonchev–Trinajstić information content (AvgIpc) is 2.26. The minimum absolute atomic E-state index is 0.717. The van der Waals surface area contributed by atoms with E-state index in [-0.39, 0.29) is 0 Å². The number of ether oxygens (including phenoxy) is 2. The molecule has 0 heterocycles. The van der Waals surface area contributed by atoms with Gasteiger partial charge < -0.3 is 20.5 Å². The Balaban J connectivity index is 2.81. The highest BCUT2D eigenvalue weighted by Crippen LogP contribution is 1.93. The Morgan fingerprint density at radius 2 is 1.40 bits per heavy atom. The number of unbranched alkanes of at least 4 members (excludes halogenated alkanes) is 1. The second-order valence-electron chi connectivity index (χ2n) is 3.53. The van der Waals surface area contributed by atoms with Crippen LogP contribution in [0.15, 0.2) is 0 Å². The van der Waals surface area contributed by atoms with E-state index in [0.717, 1.165) is 58.7 Å². The van der Waals surface area contributed by atoms with E-state index in [1.165, 1.54) is 0 Å². The molecule has 15 heavy (non-hydrogen) atoms. The second kappa shape index (κ2) is 13.8. The lowest BCUT2D eigenvalue weighted by atomic mass is 10.3. The summed E-state index contributed by atoms with van der Waals surface area (Å²) in [5, 5.41) is 3.09. The van der Waals surface area contributed by atoms with E-state index in [1.807, 2.05) is 7.05 Å². The molecule has 3 N–H and O–H groups in total. The molecule has 0 aliphatic carbocycles. The minimum Gasteiger partial charge on any atom is -0.381 e. The van der Waals surface area contributed by atoms with E-state index >= 15 is 0 Å². The number of rotatable bonds is 12. The summed E-state index contributed by atoms with van der Waals surface area (Å²) in [7, 11) is 1.96. The fourth-order valence-corrected chi connectivity index (χ4v) is 1.15. The molecule has 4 nitrogen and oxygen atoms in total. The van der Waals surface area contributed by atoms with Gasteiger partial charge in [0.1, 0.15) is 0 Å². The molecule has 0 aliphatic heterocycles. The van der Waals surface area contributed by atoms with Crippen molar-refractivity contribution >= 4 is 0 Å². The number of hydrogen-bond donors (Lipinski definition) is 2. The van der Waals surface area contributed by atoms with Crippen LogP contribution in [0.25, 0.3) is 0 Å². The standard InChI is InChI=1S/C11H26N2O2/c1-13-7-5-11-15-9-3-2-8-14-10-4-6-12/h13H,2-12H2,1H3. The van der Waals surface area contributed by atoms with Crippen LogP contribution in [0, 0.1) is 0 Å². The summed E-state index contributed by atoms with van der Waals surface area (Å²) < 4.78 is 10.8. The van der Waals surface area contributed by atoms with Crippen molar-refractivity contribution in [2.45, 2.75) is 25.7 Å². The van der Waals surface area contributed by atoms with E-state index < -0.39 is 0 Å². The Kier molecular flexibility index (Phi) is 13.7. The molecule has 92 valence electrons. The third-order valence-electron chi connectivity index (χ3n) is 2.04. The molecule has 0 rings (SSSR count). The van der Waals surface area contributed by atoms with Gasteiger partial charge in [-0.3, -0.25) is 0 Å². The van der Waals surface area contributed by atoms with Crippen LogP contribution in [0.3, 0.4) is 0 Å². The molecule has 4 heteroatoms. The van der Waals surface area contributed by atoms with Crippen molar-refractivity contribution in [2.24, 2.45) is 5.73 Å². The molecule has 0 saturated carbocycles. The van der Waals surface area contributed by atoms with Crippen LogP contribution in [0.5, 0.6) is 0 Å². The highest BCUT2D eigenvalue weighted by atomic mass is 16.5. The van der Waals surface area contributed by atoms with Gasteiger partial charge in [-0.25, -0.2) is 0 Å². The maximum atomic E-state index is 5.45. The molecule has 0 aromatic rings. The number of nitrogens with one attached hydrogen (secondary N) is 1. The van der Waals surface area contributed by atoms with Crippen molar-refractivity contribution in [3.8, 4) is 0 Å². The van der Waals surface area contributed by atoms with Gasteiger partial charge in [-0.05, 0) is 45.8 Å². The summed E-state index contributed by atoms with van der Waals surface area (Å²) in [6, 6.07) is 0. The summed E-state index contributed by atoms with van der Waals surface area (Å²) in [6.07, 6.45) is 4.21. The van der Waals surface area contributed by atoms with Crippen LogP contribution in [0.4, 0.5) is 0 Å². The van der Waals surface area contributed by atoms with Crippen LogP contribution in [0.2, 0.25) is 0 Å². The fourth-order valence-electron chi connectivity index (χ4n) is 1.15. The van der Waals surface area contributed by atoms with Crippen LogP contribution >= 0.6 is 0 Å². The SMILES string of the molecule is CNCCCOCCCCOCCCN. The molecule has 0 bridgehead atoms. The lowest BCUT2D eigenvalue weighted by molar-refractivity contribution is 0.101. The predicted molar refractivity (Wildman–Crippen MR) is 63.1 cm³/mol. The molecule has 0 saturated heterocycles. The van der Waals surface area contributed by atoms with Gasteiger partial charge >= 0.3 is 0 Å². The third-order valence-corrected chi connectivity index (χ3v) is 2.04. The monoisotopic (exact) mass is 218 g/mol. The van der Waals surface area contributed by atoms with E-state index in [1.54, 1.807) is 0 Å². The molecule has 0 radical (unpaired) electrons. The van der Waals surface area contributed by atoms with Gasteiger partial charge in [0.05, 0.1) is 0 Å². The summed E-state index contributed by atoms with van der Waals surface area (Å²) >= 11 is 0. The van der Waals surface area contributed by atoms with Gasteiger partial charge in [0.15, 0.2) is 0 Å². The van der Waals surface area contributed by atoms with Crippen LogP contribution in [-0.2, 0) is 9.47 Å². The molecule has 0 unspecified atom stereocenters. The van der Waals surface area contributed by atoms with Crippen molar-refractivity contribution < 1.29 is 9.47 Å². The van der Waals surface area contributed by atoms with Gasteiger partial charge in [0.2, 0.25) is 0 Å². The van der Waals surface area contributed by atoms with Gasteiger partial charge in [0, 0.05) is 26.4 Å². The highest BCUT2D eigenvalue weighted by molar-refractivity contribution is 4.42. The Morgan fingerprint density at radius 3 is 1.93 bits per heavy atom. The van der Waals surface area contributed by atoms with E-state index in [9.17, 15) is 0 Å². The van der Waals surface area contributed by atoms with E-state index in [4.69, 9.17) is 15.2 Å². The summed E-state index contributed by atoms with van der Waals surface area (Å²) in [4.78, 5) is 0. The Hall–Kier alpha value is -0.160. The van der Waals surface area contributed by atoms with Gasteiger partial charge in [-0.2, -0.15) is 0 Å². The minimum atomic E-state index is 0.717. The zero-order valence-corrected chi connectivity index (χ0v) is 9.96. The first kappa shape index (κ1) is 14.8. The van der Waals surface area contributed by atoms with Crippen LogP contribution in [0.1, 0.15) is 25.7 Å². The smallest absolute Gasteiger partial charge is 0.0478 e. The quantitative estimate of drug-likeness (QED) is 0.475. The Labute approximate surface area is 93.5 Å². The van der Waals surface area contributed by atoms with Gasteiger partial charge in [-0.1, -0.05) is 0 Å². The Bertz CT molecular complexity index is 101. The van der Waals surface area contributed by atoms with Crippen LogP contribution < -0.4 is 11.1 Å². The van der Waals surface area contributed by atoms with Crippen molar-refractivity contribution in [3.63, 3.8) is 0 Å². The van der Waals surface area contributed by atoms with Crippen LogP contribution in [-0.4, -0.2) is 46.6 Å². The lowest BCUT2D eigenvalue weighted by Gasteiger charge is -2.05. The number of nitrogens with two attached hydrogens (primary N) is 1. The molecule has 0 aromatic heterocycles. The van der Waals surface area contributed by atoms with E-state index in [2.05, 4.69) is 5.32 Å². The molecule has 0 fully saturated rings. The first-order valence-electron chi connectivity index (χ1n) is 5.92. The summed E-state index contributed by atoms with van der Waals surface area (Å²) in [6.45, 7) is 5.08. The van der Waals surface area contributed by atoms with Crippen molar-refractivity contribution in [3.05, 3.63) is 0 Å². The fraction of sp³-hybridized carbons (Fsp3) is 1.00. The maximum Gasteiger partial charge on any atom is 0.0478 e.